The van der Waals surface area contributed by atoms with Gasteiger partial charge in [0.2, 0.25) is 0 Å². The smallest absolute Gasteiger partial charge is 0.0993 e. The minimum Gasteiger partial charge on any atom is -0.381 e. The van der Waals surface area contributed by atoms with Crippen molar-refractivity contribution < 1.29 is 9.47 Å². The van der Waals surface area contributed by atoms with E-state index in [4.69, 9.17) is 14.9 Å². The number of rotatable bonds is 3. The quantitative estimate of drug-likeness (QED) is 0.600. The number of amidine groups is 1. The van der Waals surface area contributed by atoms with E-state index in [0.29, 0.717) is 12.0 Å². The van der Waals surface area contributed by atoms with Gasteiger partial charge in [0, 0.05) is 32.7 Å². The summed E-state index contributed by atoms with van der Waals surface area (Å²) in [5, 5.41) is 12.5. The van der Waals surface area contributed by atoms with Crippen LogP contribution in [0.3, 0.4) is 0 Å². The maximum absolute atomic E-state index is 8.87. The summed E-state index contributed by atoms with van der Waals surface area (Å²) in [6.45, 7) is 11.1. The molecule has 0 spiro atoms. The molecule has 3 atom stereocenters. The molecule has 2 N–H and O–H groups in total. The van der Waals surface area contributed by atoms with Crippen molar-refractivity contribution in [3.63, 3.8) is 0 Å². The molecule has 0 aromatic heterocycles. The maximum atomic E-state index is 8.87. The zero-order valence-electron chi connectivity index (χ0n) is 18.5. The van der Waals surface area contributed by atoms with Crippen molar-refractivity contribution in [1.29, 1.82) is 5.41 Å². The Morgan fingerprint density at radius 1 is 1.28 bits per heavy atom. The fourth-order valence-electron chi connectivity index (χ4n) is 5.07. The van der Waals surface area contributed by atoms with Crippen LogP contribution in [0, 0.1) is 11.3 Å². The first-order valence-corrected chi connectivity index (χ1v) is 11.2. The number of methoxy groups -OCH3 is 1. The van der Waals surface area contributed by atoms with Crippen LogP contribution < -0.4 is 5.32 Å². The van der Waals surface area contributed by atoms with Crippen molar-refractivity contribution in [2.24, 2.45) is 5.92 Å². The Morgan fingerprint density at radius 2 is 2.10 bits per heavy atom. The largest absolute Gasteiger partial charge is 0.381 e. The molecule has 1 saturated heterocycles. The Bertz CT molecular complexity index is 749. The zero-order chi connectivity index (χ0) is 20.6. The molecule has 1 aliphatic carbocycles. The van der Waals surface area contributed by atoms with E-state index in [1.807, 2.05) is 0 Å². The molecule has 3 aliphatic rings. The molecule has 0 amide bonds. The molecule has 2 fully saturated rings. The van der Waals surface area contributed by atoms with Crippen LogP contribution in [0.25, 0.3) is 0 Å². The highest BCUT2D eigenvalue weighted by molar-refractivity contribution is 5.82. The summed E-state index contributed by atoms with van der Waals surface area (Å²) in [7, 11) is 1.80. The number of hydrogen-bond acceptors (Lipinski definition) is 4. The summed E-state index contributed by atoms with van der Waals surface area (Å²) in [6.07, 6.45) is 4.49. The molecular formula is C24H37N3O2. The van der Waals surface area contributed by atoms with Crippen molar-refractivity contribution in [3.8, 4) is 0 Å². The molecule has 160 valence electrons. The molecule has 2 aliphatic heterocycles. The molecule has 2 heterocycles. The fraction of sp³-hybridized carbons (Fsp3) is 0.708. The minimum atomic E-state index is 0.127. The molecule has 1 unspecified atom stereocenters. The zero-order valence-corrected chi connectivity index (χ0v) is 18.5. The molecule has 1 aromatic rings. The van der Waals surface area contributed by atoms with Crippen molar-refractivity contribution in [3.05, 3.63) is 34.4 Å². The number of morpholine rings is 1. The van der Waals surface area contributed by atoms with Gasteiger partial charge in [0.1, 0.15) is 0 Å². The summed E-state index contributed by atoms with van der Waals surface area (Å²) in [5.41, 5.74) is 5.79. The Balaban J connectivity index is 1.61. The molecule has 5 nitrogen and oxygen atoms in total. The average Bonchev–Trinajstić information content (AvgIpc) is 3.21. The predicted octanol–water partition coefficient (Wildman–Crippen LogP) is 3.80. The molecule has 29 heavy (non-hydrogen) atoms. The second kappa shape index (κ2) is 8.37. The van der Waals surface area contributed by atoms with E-state index >= 15 is 0 Å². The number of nitrogens with zero attached hydrogens (tertiary/aromatic N) is 1. The van der Waals surface area contributed by atoms with Crippen molar-refractivity contribution in [2.75, 3.05) is 33.4 Å². The van der Waals surface area contributed by atoms with Crippen LogP contribution in [0.4, 0.5) is 0 Å². The highest BCUT2D eigenvalue weighted by Crippen LogP contribution is 2.36. The lowest BCUT2D eigenvalue weighted by Gasteiger charge is -2.37. The minimum absolute atomic E-state index is 0.127. The van der Waals surface area contributed by atoms with Crippen molar-refractivity contribution >= 4 is 5.84 Å². The normalized spacial score (nSPS) is 27.7. The molecule has 4 rings (SSSR count). The molecule has 0 radical (unpaired) electrons. The lowest BCUT2D eigenvalue weighted by atomic mass is 9.80. The van der Waals surface area contributed by atoms with Gasteiger partial charge in [0.15, 0.2) is 0 Å². The lowest BCUT2D eigenvalue weighted by Crippen LogP contribution is -2.41. The molecule has 5 heteroatoms. The fourth-order valence-corrected chi connectivity index (χ4v) is 5.07. The summed E-state index contributed by atoms with van der Waals surface area (Å²) in [4.78, 5) is 2.31. The lowest BCUT2D eigenvalue weighted by molar-refractivity contribution is 0.0763. The van der Waals surface area contributed by atoms with E-state index in [1.54, 1.807) is 7.11 Å². The number of ether oxygens (including phenoxy) is 2. The SMILES string of the molecule is CO[C@@H]1CCC(C(=N)N2CCc3cc(C(C)(C)C)cc([C@@H]4COCCN4)c3C2)C1. The van der Waals surface area contributed by atoms with Gasteiger partial charge in [-0.15, -0.1) is 0 Å². The van der Waals surface area contributed by atoms with Crippen LogP contribution >= 0.6 is 0 Å². The Kier molecular flexibility index (Phi) is 6.01. The van der Waals surface area contributed by atoms with E-state index in [9.17, 15) is 0 Å². The summed E-state index contributed by atoms with van der Waals surface area (Å²) in [5.74, 6) is 1.16. The second-order valence-corrected chi connectivity index (χ2v) is 9.96. The van der Waals surface area contributed by atoms with Gasteiger partial charge >= 0.3 is 0 Å². The van der Waals surface area contributed by atoms with E-state index in [1.165, 1.54) is 22.3 Å². The Hall–Kier alpha value is -1.43. The van der Waals surface area contributed by atoms with Gasteiger partial charge in [0.05, 0.1) is 31.2 Å². The van der Waals surface area contributed by atoms with Crippen LogP contribution in [0.2, 0.25) is 0 Å². The first kappa shape index (κ1) is 20.8. The van der Waals surface area contributed by atoms with Crippen LogP contribution in [0.1, 0.15) is 68.3 Å². The molecule has 0 bridgehead atoms. The Labute approximate surface area is 175 Å². The van der Waals surface area contributed by atoms with E-state index in [0.717, 1.165) is 64.4 Å². The van der Waals surface area contributed by atoms with Crippen LogP contribution in [0.5, 0.6) is 0 Å². The van der Waals surface area contributed by atoms with Gasteiger partial charge in [-0.2, -0.15) is 0 Å². The average molecular weight is 400 g/mol. The standard InChI is InChI=1S/C24H37N3O2/c1-24(2,3)18-11-16-7-9-27(23(25)17-5-6-19(12-17)28-4)14-21(16)20(13-18)22-15-29-10-8-26-22/h11,13,17,19,22,25-26H,5-10,12,14-15H2,1-4H3/t17?,19-,22+/m1/s1. The first-order chi connectivity index (χ1) is 13.9. The van der Waals surface area contributed by atoms with Crippen molar-refractivity contribution in [1.82, 2.24) is 10.2 Å². The van der Waals surface area contributed by atoms with Gasteiger partial charge < -0.3 is 19.7 Å². The van der Waals surface area contributed by atoms with Crippen LogP contribution in [0.15, 0.2) is 12.1 Å². The maximum Gasteiger partial charge on any atom is 0.0993 e. The number of hydrogen-bond donors (Lipinski definition) is 2. The number of benzene rings is 1. The van der Waals surface area contributed by atoms with Gasteiger partial charge in [-0.05, 0) is 53.4 Å². The van der Waals surface area contributed by atoms with E-state index in [-0.39, 0.29) is 11.5 Å². The Morgan fingerprint density at radius 3 is 2.76 bits per heavy atom. The molecule has 1 saturated carbocycles. The highest BCUT2D eigenvalue weighted by atomic mass is 16.5. The molecule has 1 aromatic carbocycles. The summed E-state index contributed by atoms with van der Waals surface area (Å²) in [6, 6.07) is 5.06. The third-order valence-corrected chi connectivity index (χ3v) is 6.99. The third kappa shape index (κ3) is 4.37. The van der Waals surface area contributed by atoms with Gasteiger partial charge in [-0.1, -0.05) is 32.9 Å². The topological polar surface area (TPSA) is 57.6 Å². The van der Waals surface area contributed by atoms with Gasteiger partial charge in [-0.3, -0.25) is 5.41 Å². The van der Waals surface area contributed by atoms with E-state index in [2.05, 4.69) is 43.1 Å². The number of nitrogens with one attached hydrogen (secondary N) is 2. The highest BCUT2D eigenvalue weighted by Gasteiger charge is 2.33. The van der Waals surface area contributed by atoms with E-state index < -0.39 is 0 Å². The predicted molar refractivity (Wildman–Crippen MR) is 117 cm³/mol. The van der Waals surface area contributed by atoms with Crippen molar-refractivity contribution in [2.45, 2.75) is 70.6 Å². The van der Waals surface area contributed by atoms with Gasteiger partial charge in [-0.25, -0.2) is 0 Å². The van der Waals surface area contributed by atoms with Gasteiger partial charge in [0.25, 0.3) is 0 Å². The number of fused-ring (bicyclic) bond motifs is 1. The second-order valence-electron chi connectivity index (χ2n) is 9.96. The summed E-state index contributed by atoms with van der Waals surface area (Å²) < 4.78 is 11.3. The third-order valence-electron chi connectivity index (χ3n) is 6.99. The summed E-state index contributed by atoms with van der Waals surface area (Å²) >= 11 is 0. The molecular weight excluding hydrogens is 362 g/mol. The van der Waals surface area contributed by atoms with Crippen LogP contribution in [-0.4, -0.2) is 50.3 Å². The first-order valence-electron chi connectivity index (χ1n) is 11.2. The van der Waals surface area contributed by atoms with Crippen LogP contribution in [-0.2, 0) is 27.9 Å². The monoisotopic (exact) mass is 399 g/mol.